The Morgan fingerprint density at radius 1 is 1.18 bits per heavy atom. The van der Waals surface area contributed by atoms with Crippen LogP contribution in [0.4, 0.5) is 0 Å². The van der Waals surface area contributed by atoms with Crippen LogP contribution < -0.4 is 10.1 Å². The molecule has 1 N–H and O–H groups in total. The van der Waals surface area contributed by atoms with Crippen molar-refractivity contribution in [3.8, 4) is 5.75 Å². The van der Waals surface area contributed by atoms with Gasteiger partial charge in [0.1, 0.15) is 5.75 Å². The first-order valence-corrected chi connectivity index (χ1v) is 7.59. The van der Waals surface area contributed by atoms with Crippen LogP contribution in [0.15, 0.2) is 24.3 Å². The van der Waals surface area contributed by atoms with E-state index in [1.807, 2.05) is 30.0 Å². The summed E-state index contributed by atoms with van der Waals surface area (Å²) in [5, 5.41) is 2.62. The third-order valence-electron chi connectivity index (χ3n) is 3.72. The lowest BCUT2D eigenvalue weighted by Gasteiger charge is -2.34. The van der Waals surface area contributed by atoms with E-state index in [4.69, 9.17) is 4.74 Å². The van der Waals surface area contributed by atoms with Gasteiger partial charge in [0.15, 0.2) is 0 Å². The molecule has 0 aromatic heterocycles. The molecule has 0 spiro atoms. The predicted molar refractivity (Wildman–Crippen MR) is 84.0 cm³/mol. The number of piperazine rings is 1. The van der Waals surface area contributed by atoms with Crippen LogP contribution in [0.2, 0.25) is 0 Å². The van der Waals surface area contributed by atoms with Gasteiger partial charge in [-0.25, -0.2) is 0 Å². The molecule has 1 aliphatic heterocycles. The molecule has 0 bridgehead atoms. The van der Waals surface area contributed by atoms with Gasteiger partial charge in [0.2, 0.25) is 5.91 Å². The summed E-state index contributed by atoms with van der Waals surface area (Å²) in [5.41, 5.74) is 0.601. The van der Waals surface area contributed by atoms with Crippen molar-refractivity contribution in [2.45, 2.75) is 6.92 Å². The Labute approximate surface area is 131 Å². The summed E-state index contributed by atoms with van der Waals surface area (Å²) in [6.07, 6.45) is 0. The summed E-state index contributed by atoms with van der Waals surface area (Å²) in [7, 11) is 1.63. The minimum absolute atomic E-state index is 0.00136. The number of ether oxygens (including phenoxy) is 1. The summed E-state index contributed by atoms with van der Waals surface area (Å²) in [5.74, 6) is 0.618. The van der Waals surface area contributed by atoms with Gasteiger partial charge < -0.3 is 15.0 Å². The van der Waals surface area contributed by atoms with Crippen molar-refractivity contribution in [2.75, 3.05) is 46.4 Å². The van der Waals surface area contributed by atoms with E-state index in [0.717, 1.165) is 0 Å². The Bertz CT molecular complexity index is 525. The zero-order chi connectivity index (χ0) is 15.9. The molecule has 1 aromatic rings. The number of benzene rings is 1. The molecule has 0 atom stereocenters. The number of para-hydroxylation sites is 1. The summed E-state index contributed by atoms with van der Waals surface area (Å²) in [6.45, 7) is 5.47. The standard InChI is InChI=1S/C16H23N3O3/c1-3-22-14-7-5-4-6-13(14)16(21)19-10-8-18(9-11-19)12-15(20)17-2/h4-7H,3,8-12H2,1-2H3,(H,17,20). The number of likely N-dealkylation sites (N-methyl/N-ethyl adjacent to an activating group) is 1. The molecule has 0 saturated carbocycles. The number of carbonyl (C=O) groups is 2. The number of hydrogen-bond acceptors (Lipinski definition) is 4. The van der Waals surface area contributed by atoms with Crippen LogP contribution in [-0.4, -0.2) is 68.0 Å². The Morgan fingerprint density at radius 3 is 2.50 bits per heavy atom. The molecule has 22 heavy (non-hydrogen) atoms. The Morgan fingerprint density at radius 2 is 1.86 bits per heavy atom. The molecule has 1 aliphatic rings. The van der Waals surface area contributed by atoms with Crippen molar-refractivity contribution in [1.29, 1.82) is 0 Å². The number of nitrogens with zero attached hydrogens (tertiary/aromatic N) is 2. The highest BCUT2D eigenvalue weighted by atomic mass is 16.5. The van der Waals surface area contributed by atoms with Crippen molar-refractivity contribution in [1.82, 2.24) is 15.1 Å². The molecular formula is C16H23N3O3. The third-order valence-corrected chi connectivity index (χ3v) is 3.72. The van der Waals surface area contributed by atoms with Crippen molar-refractivity contribution < 1.29 is 14.3 Å². The van der Waals surface area contributed by atoms with Gasteiger partial charge in [-0.1, -0.05) is 12.1 Å². The van der Waals surface area contributed by atoms with E-state index in [2.05, 4.69) is 10.2 Å². The Balaban J connectivity index is 1.96. The van der Waals surface area contributed by atoms with Crippen molar-refractivity contribution in [3.05, 3.63) is 29.8 Å². The smallest absolute Gasteiger partial charge is 0.257 e. The average Bonchev–Trinajstić information content (AvgIpc) is 2.55. The van der Waals surface area contributed by atoms with Crippen LogP contribution in [0.25, 0.3) is 0 Å². The molecule has 0 radical (unpaired) electrons. The van der Waals surface area contributed by atoms with Crippen LogP contribution in [-0.2, 0) is 4.79 Å². The number of hydrogen-bond donors (Lipinski definition) is 1. The summed E-state index contributed by atoms with van der Waals surface area (Å²) >= 11 is 0. The lowest BCUT2D eigenvalue weighted by molar-refractivity contribution is -0.122. The fourth-order valence-electron chi connectivity index (χ4n) is 2.49. The minimum atomic E-state index is -0.0105. The van der Waals surface area contributed by atoms with Crippen LogP contribution in [0.5, 0.6) is 5.75 Å². The van der Waals surface area contributed by atoms with Crippen LogP contribution in [0.1, 0.15) is 17.3 Å². The number of nitrogens with one attached hydrogen (secondary N) is 1. The van der Waals surface area contributed by atoms with Crippen molar-refractivity contribution in [3.63, 3.8) is 0 Å². The normalized spacial score (nSPS) is 15.5. The maximum atomic E-state index is 12.6. The molecule has 0 aliphatic carbocycles. The third kappa shape index (κ3) is 3.98. The highest BCUT2D eigenvalue weighted by Crippen LogP contribution is 2.20. The molecule has 1 heterocycles. The molecule has 6 nitrogen and oxygen atoms in total. The van der Waals surface area contributed by atoms with Gasteiger partial charge in [-0.15, -0.1) is 0 Å². The number of amides is 2. The first-order valence-electron chi connectivity index (χ1n) is 7.59. The zero-order valence-electron chi connectivity index (χ0n) is 13.2. The summed E-state index contributed by atoms with van der Waals surface area (Å²) in [6, 6.07) is 7.32. The molecular weight excluding hydrogens is 282 g/mol. The monoisotopic (exact) mass is 305 g/mol. The van der Waals surface area contributed by atoms with E-state index in [1.54, 1.807) is 13.1 Å². The quantitative estimate of drug-likeness (QED) is 0.865. The Hall–Kier alpha value is -2.08. The lowest BCUT2D eigenvalue weighted by atomic mass is 10.1. The first kappa shape index (κ1) is 16.3. The van der Waals surface area contributed by atoms with Gasteiger partial charge in [0, 0.05) is 33.2 Å². The van der Waals surface area contributed by atoms with E-state index in [9.17, 15) is 9.59 Å². The lowest BCUT2D eigenvalue weighted by Crippen LogP contribution is -2.50. The molecule has 1 aromatic carbocycles. The second-order valence-corrected chi connectivity index (χ2v) is 5.17. The van der Waals surface area contributed by atoms with Gasteiger partial charge >= 0.3 is 0 Å². The molecule has 1 saturated heterocycles. The fraction of sp³-hybridized carbons (Fsp3) is 0.500. The maximum Gasteiger partial charge on any atom is 0.257 e. The van der Waals surface area contributed by atoms with Crippen molar-refractivity contribution >= 4 is 11.8 Å². The van der Waals surface area contributed by atoms with Gasteiger partial charge in [0.05, 0.1) is 18.7 Å². The van der Waals surface area contributed by atoms with Gasteiger partial charge in [-0.3, -0.25) is 14.5 Å². The van der Waals surface area contributed by atoms with Gasteiger partial charge in [0.25, 0.3) is 5.91 Å². The van der Waals surface area contributed by atoms with E-state index in [-0.39, 0.29) is 11.8 Å². The largest absolute Gasteiger partial charge is 0.493 e. The minimum Gasteiger partial charge on any atom is -0.493 e. The van der Waals surface area contributed by atoms with E-state index < -0.39 is 0 Å². The van der Waals surface area contributed by atoms with Crippen LogP contribution in [0.3, 0.4) is 0 Å². The molecule has 2 rings (SSSR count). The fourth-order valence-corrected chi connectivity index (χ4v) is 2.49. The Kier molecular flexibility index (Phi) is 5.77. The summed E-state index contributed by atoms with van der Waals surface area (Å²) < 4.78 is 5.53. The molecule has 0 unspecified atom stereocenters. The van der Waals surface area contributed by atoms with Crippen LogP contribution in [0, 0.1) is 0 Å². The molecule has 6 heteroatoms. The first-order chi connectivity index (χ1) is 10.7. The van der Waals surface area contributed by atoms with E-state index in [0.29, 0.717) is 50.6 Å². The number of rotatable bonds is 5. The topological polar surface area (TPSA) is 61.9 Å². The van der Waals surface area contributed by atoms with E-state index in [1.165, 1.54) is 0 Å². The molecule has 1 fully saturated rings. The maximum absolute atomic E-state index is 12.6. The highest BCUT2D eigenvalue weighted by Gasteiger charge is 2.24. The second-order valence-electron chi connectivity index (χ2n) is 5.17. The van der Waals surface area contributed by atoms with Gasteiger partial charge in [-0.05, 0) is 19.1 Å². The number of carbonyl (C=O) groups excluding carboxylic acids is 2. The average molecular weight is 305 g/mol. The van der Waals surface area contributed by atoms with E-state index >= 15 is 0 Å². The molecule has 2 amide bonds. The zero-order valence-corrected chi connectivity index (χ0v) is 13.2. The predicted octanol–water partition coefficient (Wildman–Crippen LogP) is 0.589. The second kappa shape index (κ2) is 7.79. The van der Waals surface area contributed by atoms with Gasteiger partial charge in [-0.2, -0.15) is 0 Å². The molecule has 120 valence electrons. The summed E-state index contributed by atoms with van der Waals surface area (Å²) in [4.78, 5) is 27.9. The van der Waals surface area contributed by atoms with Crippen molar-refractivity contribution in [2.24, 2.45) is 0 Å². The van der Waals surface area contributed by atoms with Crippen LogP contribution >= 0.6 is 0 Å². The SMILES string of the molecule is CCOc1ccccc1C(=O)N1CCN(CC(=O)NC)CC1. The highest BCUT2D eigenvalue weighted by molar-refractivity contribution is 5.97.